The molecule has 1 aromatic carbocycles. The van der Waals surface area contributed by atoms with Gasteiger partial charge in [0.15, 0.2) is 5.57 Å². The van der Waals surface area contributed by atoms with Crippen molar-refractivity contribution in [3.05, 3.63) is 59.9 Å². The number of anilines is 1. The van der Waals surface area contributed by atoms with Crippen LogP contribution in [0.1, 0.15) is 0 Å². The van der Waals surface area contributed by atoms with Crippen molar-refractivity contribution in [2.75, 3.05) is 5.32 Å². The summed E-state index contributed by atoms with van der Waals surface area (Å²) in [7, 11) is 0. The van der Waals surface area contributed by atoms with Crippen LogP contribution in [0.3, 0.4) is 0 Å². The number of aromatic nitrogens is 1. The minimum atomic E-state index is -0.235. The van der Waals surface area contributed by atoms with Crippen LogP contribution in [0.5, 0.6) is 0 Å². The van der Waals surface area contributed by atoms with Crippen LogP contribution >= 0.6 is 0 Å². The molecule has 3 rings (SSSR count). The van der Waals surface area contributed by atoms with Gasteiger partial charge in [-0.05, 0) is 36.4 Å². The topological polar surface area (TPSA) is 87.8 Å². The number of nitriles is 3. The Bertz CT molecular complexity index is 1020. The van der Waals surface area contributed by atoms with Gasteiger partial charge in [-0.25, -0.2) is 0 Å². The third-order valence-corrected chi connectivity index (χ3v) is 3.39. The van der Waals surface area contributed by atoms with E-state index < -0.39 is 0 Å². The van der Waals surface area contributed by atoms with Crippen molar-refractivity contribution < 1.29 is 0 Å². The van der Waals surface area contributed by atoms with Crippen LogP contribution in [-0.2, 0) is 0 Å². The highest BCUT2D eigenvalue weighted by Gasteiger charge is 2.09. The van der Waals surface area contributed by atoms with E-state index >= 15 is 0 Å². The maximum Gasteiger partial charge on any atom is 0.163 e. The minimum Gasteiger partial charge on any atom is -0.345 e. The molecule has 0 aliphatic heterocycles. The number of nitrogens with one attached hydrogen (secondary N) is 1. The summed E-state index contributed by atoms with van der Waals surface area (Å²) in [4.78, 5) is 0. The highest BCUT2D eigenvalue weighted by atomic mass is 14.9. The van der Waals surface area contributed by atoms with Gasteiger partial charge in [0.1, 0.15) is 23.9 Å². The smallest absolute Gasteiger partial charge is 0.163 e. The van der Waals surface area contributed by atoms with Crippen LogP contribution < -0.4 is 5.32 Å². The number of fused-ring (bicyclic) bond motifs is 3. The third-order valence-electron chi connectivity index (χ3n) is 3.39. The average molecular weight is 283 g/mol. The Morgan fingerprint density at radius 3 is 2.45 bits per heavy atom. The van der Waals surface area contributed by atoms with E-state index in [4.69, 9.17) is 15.8 Å². The molecule has 0 amide bonds. The summed E-state index contributed by atoms with van der Waals surface area (Å²) in [5.74, 6) is 0. The highest BCUT2D eigenvalue weighted by molar-refractivity contribution is 5.94. The highest BCUT2D eigenvalue weighted by Crippen LogP contribution is 2.26. The molecule has 0 aliphatic carbocycles. The Balaban J connectivity index is 2.21. The standard InChI is InChI=1S/C17H9N5/c18-9-12(10-19)16(11-20)21-15-4-1-5-17-14(15)7-6-13-3-2-8-22(13)17/h1-8,21H. The lowest BCUT2D eigenvalue weighted by Crippen LogP contribution is -2.01. The van der Waals surface area contributed by atoms with Crippen molar-refractivity contribution >= 4 is 22.1 Å². The van der Waals surface area contributed by atoms with Gasteiger partial charge in [0.25, 0.3) is 0 Å². The molecule has 0 aliphatic rings. The largest absolute Gasteiger partial charge is 0.345 e. The summed E-state index contributed by atoms with van der Waals surface area (Å²) >= 11 is 0. The number of pyridine rings is 1. The molecule has 5 heteroatoms. The predicted octanol–water partition coefficient (Wildman–Crippen LogP) is 3.33. The van der Waals surface area contributed by atoms with Crippen molar-refractivity contribution in [3.63, 3.8) is 0 Å². The first-order chi connectivity index (χ1) is 10.8. The monoisotopic (exact) mass is 283 g/mol. The molecule has 0 unspecified atom stereocenters. The molecule has 0 spiro atoms. The normalized spacial score (nSPS) is 9.68. The maximum atomic E-state index is 9.15. The fourth-order valence-corrected chi connectivity index (χ4v) is 2.38. The van der Waals surface area contributed by atoms with Gasteiger partial charge in [-0.3, -0.25) is 0 Å². The molecule has 0 radical (unpaired) electrons. The number of benzene rings is 1. The molecule has 0 bridgehead atoms. The molecule has 2 aromatic heterocycles. The number of hydrogen-bond acceptors (Lipinski definition) is 4. The number of rotatable bonds is 2. The molecule has 0 atom stereocenters. The van der Waals surface area contributed by atoms with Gasteiger partial charge in [0.2, 0.25) is 0 Å². The molecule has 2 heterocycles. The molecule has 22 heavy (non-hydrogen) atoms. The zero-order valence-electron chi connectivity index (χ0n) is 11.4. The second-order valence-electron chi connectivity index (χ2n) is 4.59. The maximum absolute atomic E-state index is 9.15. The first-order valence-electron chi connectivity index (χ1n) is 6.49. The van der Waals surface area contributed by atoms with E-state index in [0.717, 1.165) is 16.4 Å². The molecule has 0 saturated carbocycles. The van der Waals surface area contributed by atoms with Gasteiger partial charge >= 0.3 is 0 Å². The molecular weight excluding hydrogens is 274 g/mol. The summed E-state index contributed by atoms with van der Waals surface area (Å²) in [6.07, 6.45) is 1.96. The van der Waals surface area contributed by atoms with Gasteiger partial charge in [-0.1, -0.05) is 6.07 Å². The SMILES string of the molecule is N#CC(C#N)=C(C#N)Nc1cccc2c1ccc1cccn12. The van der Waals surface area contributed by atoms with Crippen molar-refractivity contribution in [1.82, 2.24) is 4.40 Å². The fourth-order valence-electron chi connectivity index (χ4n) is 2.38. The van der Waals surface area contributed by atoms with Gasteiger partial charge in [0, 0.05) is 22.8 Å². The van der Waals surface area contributed by atoms with Crippen LogP contribution in [-0.4, -0.2) is 4.40 Å². The number of allylic oxidation sites excluding steroid dienone is 2. The van der Waals surface area contributed by atoms with Crippen molar-refractivity contribution in [2.45, 2.75) is 0 Å². The van der Waals surface area contributed by atoms with E-state index in [1.54, 1.807) is 18.2 Å². The third kappa shape index (κ3) is 2.02. The predicted molar refractivity (Wildman–Crippen MR) is 82.4 cm³/mol. The molecule has 0 fully saturated rings. The molecule has 5 nitrogen and oxygen atoms in total. The molecule has 0 saturated heterocycles. The van der Waals surface area contributed by atoms with Gasteiger partial charge in [-0.2, -0.15) is 15.8 Å². The van der Waals surface area contributed by atoms with Crippen molar-refractivity contribution in [2.24, 2.45) is 0 Å². The lowest BCUT2D eigenvalue weighted by Gasteiger charge is -2.10. The quantitative estimate of drug-likeness (QED) is 0.731. The molecule has 3 aromatic rings. The van der Waals surface area contributed by atoms with E-state index in [1.807, 2.05) is 53.1 Å². The zero-order valence-corrected chi connectivity index (χ0v) is 11.4. The summed E-state index contributed by atoms with van der Waals surface area (Å²) in [6.45, 7) is 0. The van der Waals surface area contributed by atoms with Crippen LogP contribution in [0.4, 0.5) is 5.69 Å². The lowest BCUT2D eigenvalue weighted by molar-refractivity contribution is 1.27. The molecular formula is C17H9N5. The second-order valence-corrected chi connectivity index (χ2v) is 4.59. The van der Waals surface area contributed by atoms with Crippen LogP contribution in [0.25, 0.3) is 16.4 Å². The van der Waals surface area contributed by atoms with E-state index in [0.29, 0.717) is 5.69 Å². The minimum absolute atomic E-state index is 0.0508. The van der Waals surface area contributed by atoms with Crippen molar-refractivity contribution in [3.8, 4) is 18.2 Å². The van der Waals surface area contributed by atoms with Gasteiger partial charge in [-0.15, -0.1) is 0 Å². The summed E-state index contributed by atoms with van der Waals surface area (Å²) in [5, 5.41) is 30.8. The lowest BCUT2D eigenvalue weighted by atomic mass is 10.1. The second kappa shape index (κ2) is 5.32. The summed E-state index contributed by atoms with van der Waals surface area (Å²) in [6, 6.07) is 18.8. The van der Waals surface area contributed by atoms with Crippen molar-refractivity contribution in [1.29, 1.82) is 15.8 Å². The van der Waals surface area contributed by atoms with E-state index in [2.05, 4.69) is 5.32 Å². The average Bonchev–Trinajstić information content (AvgIpc) is 3.04. The van der Waals surface area contributed by atoms with E-state index in [1.165, 1.54) is 0 Å². The van der Waals surface area contributed by atoms with E-state index in [-0.39, 0.29) is 11.3 Å². The van der Waals surface area contributed by atoms with Crippen LogP contribution in [0, 0.1) is 34.0 Å². The van der Waals surface area contributed by atoms with E-state index in [9.17, 15) is 0 Å². The van der Waals surface area contributed by atoms with Crippen LogP contribution in [0.15, 0.2) is 59.9 Å². The Morgan fingerprint density at radius 1 is 0.909 bits per heavy atom. The Morgan fingerprint density at radius 2 is 1.73 bits per heavy atom. The first kappa shape index (κ1) is 13.2. The van der Waals surface area contributed by atoms with Gasteiger partial charge < -0.3 is 9.72 Å². The molecule has 102 valence electrons. The fraction of sp³-hybridized carbons (Fsp3) is 0. The summed E-state index contributed by atoms with van der Waals surface area (Å²) < 4.78 is 2.03. The first-order valence-corrected chi connectivity index (χ1v) is 6.49. The Hall–Kier alpha value is -3.75. The number of hydrogen-bond donors (Lipinski definition) is 1. The zero-order chi connectivity index (χ0) is 15.5. The van der Waals surface area contributed by atoms with Gasteiger partial charge in [0.05, 0.1) is 5.52 Å². The molecule has 1 N–H and O–H groups in total. The van der Waals surface area contributed by atoms with Crippen LogP contribution in [0.2, 0.25) is 0 Å². The Labute approximate surface area is 126 Å². The Kier molecular flexibility index (Phi) is 3.20. The number of nitrogens with zero attached hydrogens (tertiary/aromatic N) is 4. The summed E-state index contributed by atoms with van der Waals surface area (Å²) in [5.41, 5.74) is 2.43.